The Morgan fingerprint density at radius 2 is 1.93 bits per heavy atom. The van der Waals surface area contributed by atoms with Gasteiger partial charge in [0.05, 0.1) is 7.11 Å². The van der Waals surface area contributed by atoms with Gasteiger partial charge in [0.2, 0.25) is 5.91 Å². The maximum absolute atomic E-state index is 13.0. The number of halogens is 1. The van der Waals surface area contributed by atoms with E-state index >= 15 is 0 Å². The quantitative estimate of drug-likeness (QED) is 0.560. The second-order valence-electron chi connectivity index (χ2n) is 7.04. The Kier molecular flexibility index (Phi) is 9.17. The van der Waals surface area contributed by atoms with Crippen molar-refractivity contribution in [3.8, 4) is 11.5 Å². The average molecular weight is 477 g/mol. The highest BCUT2D eigenvalue weighted by Crippen LogP contribution is 2.22. The van der Waals surface area contributed by atoms with Crippen LogP contribution in [0, 0.1) is 6.92 Å². The van der Waals surface area contributed by atoms with Gasteiger partial charge in [0, 0.05) is 17.6 Å². The number of amides is 2. The van der Waals surface area contributed by atoms with E-state index < -0.39 is 6.04 Å². The van der Waals surface area contributed by atoms with E-state index in [1.807, 2.05) is 50.2 Å². The number of carbonyl (C=O) groups is 2. The van der Waals surface area contributed by atoms with Crippen molar-refractivity contribution >= 4 is 27.7 Å². The highest BCUT2D eigenvalue weighted by Gasteiger charge is 2.26. The van der Waals surface area contributed by atoms with Crippen LogP contribution < -0.4 is 14.8 Å². The van der Waals surface area contributed by atoms with Gasteiger partial charge >= 0.3 is 0 Å². The summed E-state index contributed by atoms with van der Waals surface area (Å²) in [4.78, 5) is 27.1. The maximum Gasteiger partial charge on any atom is 0.261 e. The number of ether oxygens (including phenoxy) is 2. The van der Waals surface area contributed by atoms with Crippen molar-refractivity contribution in [3.63, 3.8) is 0 Å². The summed E-state index contributed by atoms with van der Waals surface area (Å²) in [6, 6.07) is 12.4. The second kappa shape index (κ2) is 11.6. The van der Waals surface area contributed by atoms with E-state index in [2.05, 4.69) is 21.2 Å². The molecule has 30 heavy (non-hydrogen) atoms. The van der Waals surface area contributed by atoms with Crippen LogP contribution in [-0.4, -0.2) is 43.0 Å². The van der Waals surface area contributed by atoms with E-state index in [4.69, 9.17) is 9.47 Å². The van der Waals surface area contributed by atoms with Gasteiger partial charge in [0.1, 0.15) is 17.5 Å². The molecule has 1 atom stereocenters. The Labute approximate surface area is 186 Å². The van der Waals surface area contributed by atoms with E-state index in [0.717, 1.165) is 22.0 Å². The van der Waals surface area contributed by atoms with Crippen molar-refractivity contribution in [1.82, 2.24) is 10.2 Å². The van der Waals surface area contributed by atoms with Gasteiger partial charge in [0.25, 0.3) is 5.91 Å². The van der Waals surface area contributed by atoms with Crippen LogP contribution in [0.15, 0.2) is 46.9 Å². The van der Waals surface area contributed by atoms with Crippen molar-refractivity contribution < 1.29 is 19.1 Å². The molecule has 2 aromatic carbocycles. The molecule has 6 nitrogen and oxygen atoms in total. The lowest BCUT2D eigenvalue weighted by atomic mass is 10.1. The normalized spacial score (nSPS) is 11.5. The summed E-state index contributed by atoms with van der Waals surface area (Å²) < 4.78 is 12.0. The molecule has 0 aliphatic heterocycles. The molecule has 162 valence electrons. The highest BCUT2D eigenvalue weighted by atomic mass is 79.9. The molecule has 2 aromatic rings. The first-order chi connectivity index (χ1) is 14.3. The van der Waals surface area contributed by atoms with Gasteiger partial charge in [-0.3, -0.25) is 9.59 Å². The van der Waals surface area contributed by atoms with Crippen molar-refractivity contribution in [3.05, 3.63) is 58.1 Å². The molecule has 0 saturated heterocycles. The molecule has 0 heterocycles. The Balaban J connectivity index is 2.16. The topological polar surface area (TPSA) is 67.9 Å². The fourth-order valence-electron chi connectivity index (χ4n) is 2.88. The molecule has 0 spiro atoms. The fourth-order valence-corrected chi connectivity index (χ4v) is 3.13. The third-order valence-corrected chi connectivity index (χ3v) is 5.59. The molecule has 2 rings (SSSR count). The Hall–Kier alpha value is -2.54. The lowest BCUT2D eigenvalue weighted by molar-refractivity contribution is -0.142. The zero-order valence-corrected chi connectivity index (χ0v) is 19.5. The summed E-state index contributed by atoms with van der Waals surface area (Å²) in [5.41, 5.74) is 1.89. The number of carbonyl (C=O) groups excluding carboxylic acids is 2. The van der Waals surface area contributed by atoms with E-state index in [0.29, 0.717) is 18.0 Å². The number of nitrogens with zero attached hydrogens (tertiary/aromatic N) is 1. The number of hydrogen-bond donors (Lipinski definition) is 1. The zero-order valence-electron chi connectivity index (χ0n) is 17.9. The molecule has 0 aliphatic carbocycles. The number of nitrogens with one attached hydrogen (secondary N) is 1. The lowest BCUT2D eigenvalue weighted by Gasteiger charge is -2.29. The molecular weight excluding hydrogens is 448 g/mol. The molecule has 0 radical (unpaired) electrons. The summed E-state index contributed by atoms with van der Waals surface area (Å²) in [7, 11) is 1.59. The fraction of sp³-hybridized carbons (Fsp3) is 0.391. The monoisotopic (exact) mass is 476 g/mol. The van der Waals surface area contributed by atoms with Crippen molar-refractivity contribution in [2.75, 3.05) is 20.3 Å². The number of benzene rings is 2. The minimum absolute atomic E-state index is 0.156. The van der Waals surface area contributed by atoms with Crippen LogP contribution in [0.2, 0.25) is 0 Å². The molecule has 1 N–H and O–H groups in total. The molecule has 1 unspecified atom stereocenters. The van der Waals surface area contributed by atoms with Crippen molar-refractivity contribution in [1.29, 1.82) is 0 Å². The number of methoxy groups -OCH3 is 1. The predicted octanol–water partition coefficient (Wildman–Crippen LogP) is 4.09. The second-order valence-corrected chi connectivity index (χ2v) is 7.89. The summed E-state index contributed by atoms with van der Waals surface area (Å²) in [6.07, 6.45) is 0.828. The maximum atomic E-state index is 13.0. The molecule has 0 bridgehead atoms. The molecule has 2 amide bonds. The SMILES string of the molecule is CCCNC(=O)C(C)N(Cc1cccc(OC)c1)C(=O)COc1ccc(Br)c(C)c1. The summed E-state index contributed by atoms with van der Waals surface area (Å²) >= 11 is 3.45. The third kappa shape index (κ3) is 6.76. The van der Waals surface area contributed by atoms with Gasteiger partial charge in [-0.15, -0.1) is 0 Å². The Morgan fingerprint density at radius 1 is 1.17 bits per heavy atom. The van der Waals surface area contributed by atoms with Gasteiger partial charge in [-0.1, -0.05) is 35.0 Å². The van der Waals surface area contributed by atoms with Crippen LogP contribution in [0.5, 0.6) is 11.5 Å². The number of aryl methyl sites for hydroxylation is 1. The molecule has 0 saturated carbocycles. The van der Waals surface area contributed by atoms with Gasteiger partial charge in [-0.2, -0.15) is 0 Å². The Morgan fingerprint density at radius 3 is 2.60 bits per heavy atom. The summed E-state index contributed by atoms with van der Waals surface area (Å²) in [5, 5.41) is 2.86. The molecule has 0 fully saturated rings. The van der Waals surface area contributed by atoms with Crippen LogP contribution in [0.3, 0.4) is 0 Å². The zero-order chi connectivity index (χ0) is 22.1. The van der Waals surface area contributed by atoms with Crippen LogP contribution in [0.1, 0.15) is 31.4 Å². The van der Waals surface area contributed by atoms with E-state index in [1.165, 1.54) is 4.90 Å². The standard InChI is InChI=1S/C23H29BrN2O4/c1-5-11-25-23(28)17(3)26(14-18-7-6-8-19(13-18)29-4)22(27)15-30-20-9-10-21(24)16(2)12-20/h6-10,12-13,17H,5,11,14-15H2,1-4H3,(H,25,28). The molecule has 7 heteroatoms. The third-order valence-electron chi connectivity index (χ3n) is 4.70. The summed E-state index contributed by atoms with van der Waals surface area (Å²) in [6.45, 7) is 6.36. The molecule has 0 aromatic heterocycles. The average Bonchev–Trinajstić information content (AvgIpc) is 2.76. The van der Waals surface area contributed by atoms with Crippen LogP contribution in [0.25, 0.3) is 0 Å². The van der Waals surface area contributed by atoms with Crippen LogP contribution in [-0.2, 0) is 16.1 Å². The highest BCUT2D eigenvalue weighted by molar-refractivity contribution is 9.10. The summed E-state index contributed by atoms with van der Waals surface area (Å²) in [5.74, 6) is 0.850. The smallest absolute Gasteiger partial charge is 0.261 e. The first-order valence-electron chi connectivity index (χ1n) is 9.94. The minimum Gasteiger partial charge on any atom is -0.497 e. The molecule has 0 aliphatic rings. The Bertz CT molecular complexity index is 872. The largest absolute Gasteiger partial charge is 0.497 e. The lowest BCUT2D eigenvalue weighted by Crippen LogP contribution is -2.49. The first kappa shape index (κ1) is 23.7. The van der Waals surface area contributed by atoms with Gasteiger partial charge in [-0.05, 0) is 61.7 Å². The van der Waals surface area contributed by atoms with Crippen molar-refractivity contribution in [2.45, 2.75) is 39.8 Å². The van der Waals surface area contributed by atoms with Gasteiger partial charge in [-0.25, -0.2) is 0 Å². The van der Waals surface area contributed by atoms with Gasteiger partial charge < -0.3 is 19.7 Å². The minimum atomic E-state index is -0.634. The van der Waals surface area contributed by atoms with Crippen LogP contribution in [0.4, 0.5) is 0 Å². The number of hydrogen-bond acceptors (Lipinski definition) is 4. The van der Waals surface area contributed by atoms with E-state index in [9.17, 15) is 9.59 Å². The van der Waals surface area contributed by atoms with Crippen molar-refractivity contribution in [2.24, 2.45) is 0 Å². The van der Waals surface area contributed by atoms with E-state index in [1.54, 1.807) is 20.1 Å². The predicted molar refractivity (Wildman–Crippen MR) is 121 cm³/mol. The van der Waals surface area contributed by atoms with E-state index in [-0.39, 0.29) is 25.0 Å². The number of rotatable bonds is 10. The first-order valence-corrected chi connectivity index (χ1v) is 10.7. The van der Waals surface area contributed by atoms with Crippen LogP contribution >= 0.6 is 15.9 Å². The van der Waals surface area contributed by atoms with Gasteiger partial charge in [0.15, 0.2) is 6.61 Å². The molecular formula is C23H29BrN2O4.